The van der Waals surface area contributed by atoms with Gasteiger partial charge in [-0.3, -0.25) is 4.99 Å². The molecule has 1 fully saturated rings. The Labute approximate surface area is 178 Å². The van der Waals surface area contributed by atoms with Crippen molar-refractivity contribution in [3.8, 4) is 17.2 Å². The molecule has 2 heterocycles. The molecule has 0 amide bonds. The maximum absolute atomic E-state index is 14.4. The van der Waals surface area contributed by atoms with Gasteiger partial charge in [0.05, 0.1) is 43.9 Å². The van der Waals surface area contributed by atoms with Gasteiger partial charge in [-0.05, 0) is 13.0 Å². The topological polar surface area (TPSA) is 116 Å². The minimum absolute atomic E-state index is 0.149. The van der Waals surface area contributed by atoms with E-state index in [9.17, 15) is 8.78 Å². The van der Waals surface area contributed by atoms with Crippen LogP contribution < -0.4 is 30.6 Å². The summed E-state index contributed by atoms with van der Waals surface area (Å²) < 4.78 is 44.1. The van der Waals surface area contributed by atoms with Gasteiger partial charge in [0.15, 0.2) is 28.9 Å². The second-order valence-corrected chi connectivity index (χ2v) is 6.59. The fourth-order valence-corrected chi connectivity index (χ4v) is 2.87. The summed E-state index contributed by atoms with van der Waals surface area (Å²) in [5.74, 6) is -1.55. The van der Waals surface area contributed by atoms with Crippen molar-refractivity contribution in [3.05, 3.63) is 47.6 Å². The highest BCUT2D eigenvalue weighted by molar-refractivity contribution is 5.82. The molecule has 166 valence electrons. The van der Waals surface area contributed by atoms with E-state index in [-0.39, 0.29) is 34.8 Å². The van der Waals surface area contributed by atoms with Crippen LogP contribution in [-0.2, 0) is 6.61 Å². The molecule has 1 aliphatic heterocycles. The highest BCUT2D eigenvalue weighted by Gasteiger charge is 2.20. The Balaban J connectivity index is 1.63. The van der Waals surface area contributed by atoms with Crippen molar-refractivity contribution in [3.63, 3.8) is 0 Å². The molecule has 0 saturated carbocycles. The van der Waals surface area contributed by atoms with Crippen LogP contribution in [0.4, 0.5) is 14.7 Å². The van der Waals surface area contributed by atoms with Gasteiger partial charge in [0, 0.05) is 25.0 Å². The van der Waals surface area contributed by atoms with Gasteiger partial charge >= 0.3 is 0 Å². The van der Waals surface area contributed by atoms with Crippen LogP contribution >= 0.6 is 0 Å². The Hall–Kier alpha value is -3.47. The van der Waals surface area contributed by atoms with Crippen molar-refractivity contribution in [1.82, 2.24) is 15.3 Å². The fourth-order valence-electron chi connectivity index (χ4n) is 2.87. The van der Waals surface area contributed by atoms with Crippen LogP contribution in [0.3, 0.4) is 0 Å². The maximum Gasteiger partial charge on any atom is 0.227 e. The number of benzene rings is 1. The quantitative estimate of drug-likeness (QED) is 0.513. The van der Waals surface area contributed by atoms with E-state index < -0.39 is 18.2 Å². The summed E-state index contributed by atoms with van der Waals surface area (Å²) in [6.45, 7) is 1.37. The number of hydrogen-bond acceptors (Lipinski definition) is 9. The van der Waals surface area contributed by atoms with Crippen molar-refractivity contribution in [1.29, 1.82) is 0 Å². The number of aromatic nitrogens is 2. The number of nitrogens with zero attached hydrogens (tertiary/aromatic N) is 3. The summed E-state index contributed by atoms with van der Waals surface area (Å²) in [5, 5.41) is 6.17. The lowest BCUT2D eigenvalue weighted by molar-refractivity contribution is 0.280. The predicted molar refractivity (Wildman–Crippen MR) is 111 cm³/mol. The maximum atomic E-state index is 14.4. The second-order valence-electron chi connectivity index (χ2n) is 6.59. The molecule has 1 saturated heterocycles. The molecular weight excluding hydrogens is 410 g/mol. The van der Waals surface area contributed by atoms with Gasteiger partial charge in [-0.1, -0.05) is 0 Å². The monoisotopic (exact) mass is 434 g/mol. The van der Waals surface area contributed by atoms with Crippen LogP contribution in [0.25, 0.3) is 0 Å². The van der Waals surface area contributed by atoms with Gasteiger partial charge in [0.2, 0.25) is 5.95 Å². The van der Waals surface area contributed by atoms with E-state index in [1.807, 2.05) is 0 Å². The average Bonchev–Trinajstić information content (AvgIpc) is 3.31. The molecule has 1 aliphatic rings. The van der Waals surface area contributed by atoms with E-state index in [1.54, 1.807) is 6.21 Å². The largest absolute Gasteiger partial charge is 0.494 e. The summed E-state index contributed by atoms with van der Waals surface area (Å²) in [6.07, 6.45) is 6.70. The minimum Gasteiger partial charge on any atom is -0.494 e. The number of nitrogens with two attached hydrogens (primary N) is 1. The fraction of sp³-hybridized carbons (Fsp3) is 0.350. The average molecular weight is 434 g/mol. The number of halogens is 2. The Morgan fingerprint density at radius 3 is 2.48 bits per heavy atom. The lowest BCUT2D eigenvalue weighted by atomic mass is 10.1. The van der Waals surface area contributed by atoms with Crippen molar-refractivity contribution in [2.45, 2.75) is 19.1 Å². The van der Waals surface area contributed by atoms with Crippen LogP contribution in [0.5, 0.6) is 17.2 Å². The zero-order valence-electron chi connectivity index (χ0n) is 17.2. The number of anilines is 1. The molecule has 4 N–H and O–H groups in total. The van der Waals surface area contributed by atoms with Gasteiger partial charge in [0.25, 0.3) is 0 Å². The third-order valence-corrected chi connectivity index (χ3v) is 4.57. The van der Waals surface area contributed by atoms with Crippen LogP contribution in [0.1, 0.15) is 12.0 Å². The molecule has 9 nitrogen and oxygen atoms in total. The van der Waals surface area contributed by atoms with Gasteiger partial charge in [-0.2, -0.15) is 0 Å². The molecule has 31 heavy (non-hydrogen) atoms. The minimum atomic E-state index is -0.866. The highest BCUT2D eigenvalue weighted by Crippen LogP contribution is 2.31. The zero-order valence-corrected chi connectivity index (χ0v) is 17.2. The van der Waals surface area contributed by atoms with E-state index in [4.69, 9.17) is 19.9 Å². The molecule has 1 unspecified atom stereocenters. The molecule has 1 aromatic heterocycles. The predicted octanol–water partition coefficient (Wildman–Crippen LogP) is 2.00. The number of nitrogens with one attached hydrogen (secondary N) is 2. The number of aliphatic imine (C=N–C) groups is 1. The van der Waals surface area contributed by atoms with Crippen LogP contribution in [0.15, 0.2) is 35.3 Å². The van der Waals surface area contributed by atoms with E-state index in [1.165, 1.54) is 32.8 Å². The van der Waals surface area contributed by atoms with E-state index >= 15 is 0 Å². The van der Waals surface area contributed by atoms with Crippen molar-refractivity contribution < 1.29 is 23.0 Å². The molecule has 0 spiro atoms. The van der Waals surface area contributed by atoms with Gasteiger partial charge in [0.1, 0.15) is 6.61 Å². The van der Waals surface area contributed by atoms with Crippen molar-refractivity contribution >= 4 is 12.2 Å². The molecule has 0 radical (unpaired) electrons. The van der Waals surface area contributed by atoms with E-state index in [0.717, 1.165) is 25.6 Å². The third kappa shape index (κ3) is 5.57. The van der Waals surface area contributed by atoms with E-state index in [0.29, 0.717) is 5.70 Å². The highest BCUT2D eigenvalue weighted by atomic mass is 19.1. The van der Waals surface area contributed by atoms with Crippen molar-refractivity contribution in [2.24, 2.45) is 10.7 Å². The summed E-state index contributed by atoms with van der Waals surface area (Å²) in [6, 6.07) is 1.34. The Bertz CT molecular complexity index is 919. The molecule has 0 aliphatic carbocycles. The molecule has 0 bridgehead atoms. The van der Waals surface area contributed by atoms with Crippen LogP contribution in [0, 0.1) is 11.6 Å². The van der Waals surface area contributed by atoms with Gasteiger partial charge < -0.3 is 30.6 Å². The first-order chi connectivity index (χ1) is 15.0. The number of rotatable bonds is 9. The Kier molecular flexibility index (Phi) is 7.55. The van der Waals surface area contributed by atoms with E-state index in [2.05, 4.69) is 25.6 Å². The SMILES string of the molecule is COc1cc(OC)c(F)c(COc2cnc(NC(C=NC3CCNC3)=CN)nc2)c1F. The Morgan fingerprint density at radius 2 is 1.94 bits per heavy atom. The van der Waals surface area contributed by atoms with Crippen LogP contribution in [-0.4, -0.2) is 49.5 Å². The number of methoxy groups -OCH3 is 2. The van der Waals surface area contributed by atoms with Gasteiger partial charge in [-0.25, -0.2) is 18.7 Å². The lowest BCUT2D eigenvalue weighted by Crippen LogP contribution is -2.13. The molecular formula is C20H24F2N6O3. The standard InChI is InChI=1S/C20H24F2N6O3/c1-29-16-5-17(30-2)19(22)15(18(16)21)11-31-14-9-26-20(27-10-14)28-13(6-23)8-25-12-3-4-24-7-12/h5-6,8-10,12,24H,3-4,7,11,23H2,1-2H3,(H,26,27,28). The molecule has 1 atom stereocenters. The smallest absolute Gasteiger partial charge is 0.227 e. The first-order valence-corrected chi connectivity index (χ1v) is 9.52. The molecule has 3 rings (SSSR count). The van der Waals surface area contributed by atoms with Crippen LogP contribution in [0.2, 0.25) is 0 Å². The summed E-state index contributed by atoms with van der Waals surface area (Å²) in [4.78, 5) is 12.7. The first-order valence-electron chi connectivity index (χ1n) is 9.52. The molecule has 1 aromatic carbocycles. The number of hydrogen-bond donors (Lipinski definition) is 3. The summed E-state index contributed by atoms with van der Waals surface area (Å²) >= 11 is 0. The van der Waals surface area contributed by atoms with Crippen molar-refractivity contribution in [2.75, 3.05) is 32.6 Å². The molecule has 2 aromatic rings. The second kappa shape index (κ2) is 10.5. The lowest BCUT2D eigenvalue weighted by Gasteiger charge is -2.13. The number of ether oxygens (including phenoxy) is 3. The third-order valence-electron chi connectivity index (χ3n) is 4.57. The Morgan fingerprint density at radius 1 is 1.26 bits per heavy atom. The number of allylic oxidation sites excluding steroid dienone is 1. The summed E-state index contributed by atoms with van der Waals surface area (Å²) in [7, 11) is 2.55. The summed E-state index contributed by atoms with van der Waals surface area (Å²) in [5.41, 5.74) is 5.83. The molecule has 11 heteroatoms. The first kappa shape index (κ1) is 22.2. The normalized spacial score (nSPS) is 16.5. The van der Waals surface area contributed by atoms with Gasteiger partial charge in [-0.15, -0.1) is 0 Å². The zero-order chi connectivity index (χ0) is 22.2.